The number of halogens is 1. The van der Waals surface area contributed by atoms with Crippen LogP contribution >= 0.6 is 15.9 Å². The predicted molar refractivity (Wildman–Crippen MR) is 69.4 cm³/mol. The van der Waals surface area contributed by atoms with E-state index in [9.17, 15) is 4.79 Å². The van der Waals surface area contributed by atoms with Crippen molar-refractivity contribution < 1.29 is 19.1 Å². The summed E-state index contributed by atoms with van der Waals surface area (Å²) in [5.41, 5.74) is 2.07. The average molecular weight is 311 g/mol. The molecule has 0 saturated carbocycles. The summed E-state index contributed by atoms with van der Waals surface area (Å²) in [5, 5.41) is 8.73. The Morgan fingerprint density at radius 1 is 1.28 bits per heavy atom. The summed E-state index contributed by atoms with van der Waals surface area (Å²) in [4.78, 5) is 10.7. The minimum Gasteiger partial charge on any atom is -0.475 e. The highest BCUT2D eigenvalue weighted by molar-refractivity contribution is 9.10. The van der Waals surface area contributed by atoms with Gasteiger partial charge in [0.1, 0.15) is 5.75 Å². The molecule has 5 heteroatoms. The van der Waals surface area contributed by atoms with Gasteiger partial charge in [-0.2, -0.15) is 0 Å². The fourth-order valence-electron chi connectivity index (χ4n) is 1.57. The quantitative estimate of drug-likeness (QED) is 0.925. The molecule has 0 aliphatic heterocycles. The Bertz CT molecular complexity index is 578. The first-order chi connectivity index (χ1) is 8.47. The lowest BCUT2D eigenvalue weighted by atomic mass is 10.1. The molecular weight excluding hydrogens is 300 g/mol. The maximum absolute atomic E-state index is 10.7. The first-order valence-corrected chi connectivity index (χ1v) is 6.04. The molecule has 4 nitrogen and oxygen atoms in total. The Morgan fingerprint density at radius 3 is 2.39 bits per heavy atom. The number of hydrogen-bond acceptors (Lipinski definition) is 3. The van der Waals surface area contributed by atoms with Gasteiger partial charge in [-0.15, -0.1) is 0 Å². The van der Waals surface area contributed by atoms with Gasteiger partial charge in [-0.3, -0.25) is 0 Å². The summed E-state index contributed by atoms with van der Waals surface area (Å²) in [5.74, 6) is -0.489. The summed E-state index contributed by atoms with van der Waals surface area (Å²) in [7, 11) is 0. The number of carboxylic acid groups (broad SMARTS) is 1. The van der Waals surface area contributed by atoms with Crippen molar-refractivity contribution in [2.24, 2.45) is 0 Å². The fourth-order valence-corrected chi connectivity index (χ4v) is 1.80. The number of carboxylic acids is 1. The minimum absolute atomic E-state index is 0.143. The van der Waals surface area contributed by atoms with E-state index < -0.39 is 5.97 Å². The average Bonchev–Trinajstić information content (AvgIpc) is 2.74. The summed E-state index contributed by atoms with van der Waals surface area (Å²) in [6.45, 7) is 3.91. The van der Waals surface area contributed by atoms with Crippen molar-refractivity contribution in [3.63, 3.8) is 0 Å². The number of aryl methyl sites for hydroxylation is 2. The lowest BCUT2D eigenvalue weighted by Gasteiger charge is -2.07. The number of furan rings is 1. The van der Waals surface area contributed by atoms with Crippen molar-refractivity contribution in [3.05, 3.63) is 45.6 Å². The van der Waals surface area contributed by atoms with Crippen LogP contribution in [-0.4, -0.2) is 11.1 Å². The van der Waals surface area contributed by atoms with Crippen molar-refractivity contribution in [2.45, 2.75) is 13.8 Å². The van der Waals surface area contributed by atoms with Gasteiger partial charge in [0.05, 0.1) is 0 Å². The number of carbonyl (C=O) groups is 1. The van der Waals surface area contributed by atoms with E-state index in [2.05, 4.69) is 15.9 Å². The van der Waals surface area contributed by atoms with Gasteiger partial charge in [0.15, 0.2) is 0 Å². The number of benzene rings is 1. The number of aromatic carboxylic acids is 1. The van der Waals surface area contributed by atoms with Crippen molar-refractivity contribution in [1.82, 2.24) is 0 Å². The molecule has 0 saturated heterocycles. The second kappa shape index (κ2) is 4.86. The van der Waals surface area contributed by atoms with Crippen LogP contribution in [0.15, 0.2) is 33.2 Å². The first-order valence-electron chi connectivity index (χ1n) is 5.25. The van der Waals surface area contributed by atoms with Crippen LogP contribution in [0.3, 0.4) is 0 Å². The Kier molecular flexibility index (Phi) is 3.43. The van der Waals surface area contributed by atoms with Gasteiger partial charge in [-0.05, 0) is 43.2 Å². The molecule has 2 rings (SSSR count). The third-order valence-electron chi connectivity index (χ3n) is 2.42. The lowest BCUT2D eigenvalue weighted by Crippen LogP contribution is -1.92. The van der Waals surface area contributed by atoms with Gasteiger partial charge in [-0.25, -0.2) is 4.79 Å². The highest BCUT2D eigenvalue weighted by Crippen LogP contribution is 2.30. The number of hydrogen-bond donors (Lipinski definition) is 1. The third-order valence-corrected chi connectivity index (χ3v) is 3.67. The molecular formula is C13H11BrO4. The number of rotatable bonds is 3. The zero-order valence-electron chi connectivity index (χ0n) is 9.86. The van der Waals surface area contributed by atoms with E-state index >= 15 is 0 Å². The van der Waals surface area contributed by atoms with E-state index in [0.717, 1.165) is 15.6 Å². The van der Waals surface area contributed by atoms with Crippen LogP contribution in [0.1, 0.15) is 21.7 Å². The van der Waals surface area contributed by atoms with Gasteiger partial charge in [0.25, 0.3) is 5.95 Å². The molecule has 0 radical (unpaired) electrons. The second-order valence-corrected chi connectivity index (χ2v) is 4.69. The molecule has 1 heterocycles. The molecule has 0 aliphatic carbocycles. The molecule has 0 fully saturated rings. The summed E-state index contributed by atoms with van der Waals surface area (Å²) in [6, 6.07) is 6.53. The molecule has 1 aromatic carbocycles. The van der Waals surface area contributed by atoms with Crippen LogP contribution in [0.2, 0.25) is 0 Å². The van der Waals surface area contributed by atoms with Crippen molar-refractivity contribution >= 4 is 21.9 Å². The van der Waals surface area contributed by atoms with Crippen LogP contribution in [0.25, 0.3) is 0 Å². The topological polar surface area (TPSA) is 59.7 Å². The highest BCUT2D eigenvalue weighted by Gasteiger charge is 2.11. The molecule has 18 heavy (non-hydrogen) atoms. The van der Waals surface area contributed by atoms with Crippen LogP contribution in [0.5, 0.6) is 11.7 Å². The fraction of sp³-hybridized carbons (Fsp3) is 0.154. The van der Waals surface area contributed by atoms with Gasteiger partial charge in [0.2, 0.25) is 5.76 Å². The zero-order chi connectivity index (χ0) is 13.3. The van der Waals surface area contributed by atoms with Crippen LogP contribution in [-0.2, 0) is 0 Å². The molecule has 0 unspecified atom stereocenters. The van der Waals surface area contributed by atoms with Gasteiger partial charge in [-0.1, -0.05) is 15.9 Å². The Hall–Kier alpha value is -1.75. The Labute approximate surface area is 112 Å². The predicted octanol–water partition coefficient (Wildman–Crippen LogP) is 4.15. The Morgan fingerprint density at radius 2 is 1.89 bits per heavy atom. The van der Waals surface area contributed by atoms with Crippen molar-refractivity contribution in [1.29, 1.82) is 0 Å². The first kappa shape index (κ1) is 12.7. The molecule has 0 atom stereocenters. The smallest absolute Gasteiger partial charge is 0.371 e. The van der Waals surface area contributed by atoms with Gasteiger partial charge < -0.3 is 14.3 Å². The standard InChI is InChI=1S/C13H11BrO4/c1-7-5-9(6-8(2)12(7)14)17-11-4-3-10(18-11)13(15)16/h3-6H,1-2H3,(H,15,16). The number of ether oxygens (including phenoxy) is 1. The summed E-state index contributed by atoms with van der Waals surface area (Å²) < 4.78 is 11.5. The molecule has 1 N–H and O–H groups in total. The van der Waals surface area contributed by atoms with E-state index in [1.807, 2.05) is 26.0 Å². The highest BCUT2D eigenvalue weighted by atomic mass is 79.9. The maximum atomic E-state index is 10.7. The van der Waals surface area contributed by atoms with Crippen molar-refractivity contribution in [3.8, 4) is 11.7 Å². The Balaban J connectivity index is 2.25. The molecule has 0 bridgehead atoms. The van der Waals surface area contributed by atoms with Crippen LogP contribution in [0, 0.1) is 13.8 Å². The van der Waals surface area contributed by atoms with Crippen LogP contribution in [0.4, 0.5) is 0 Å². The van der Waals surface area contributed by atoms with E-state index in [4.69, 9.17) is 14.3 Å². The summed E-state index contributed by atoms with van der Waals surface area (Å²) in [6.07, 6.45) is 0. The SMILES string of the molecule is Cc1cc(Oc2ccc(C(=O)O)o2)cc(C)c1Br. The second-order valence-electron chi connectivity index (χ2n) is 3.90. The molecule has 0 spiro atoms. The van der Waals surface area contributed by atoms with E-state index in [1.54, 1.807) is 0 Å². The van der Waals surface area contributed by atoms with Crippen molar-refractivity contribution in [2.75, 3.05) is 0 Å². The molecule has 0 aliphatic rings. The lowest BCUT2D eigenvalue weighted by molar-refractivity contribution is 0.0657. The largest absolute Gasteiger partial charge is 0.475 e. The van der Waals surface area contributed by atoms with Gasteiger partial charge >= 0.3 is 5.97 Å². The monoisotopic (exact) mass is 310 g/mol. The van der Waals surface area contributed by atoms with E-state index in [1.165, 1.54) is 12.1 Å². The molecule has 0 amide bonds. The van der Waals surface area contributed by atoms with Crippen LogP contribution < -0.4 is 4.74 Å². The minimum atomic E-state index is -1.12. The molecule has 1 aromatic heterocycles. The van der Waals surface area contributed by atoms with Gasteiger partial charge in [0, 0.05) is 10.5 Å². The zero-order valence-corrected chi connectivity index (χ0v) is 11.4. The summed E-state index contributed by atoms with van der Waals surface area (Å²) >= 11 is 3.47. The third kappa shape index (κ3) is 2.56. The normalized spacial score (nSPS) is 10.4. The molecule has 94 valence electrons. The molecule has 2 aromatic rings. The maximum Gasteiger partial charge on any atom is 0.371 e. The van der Waals surface area contributed by atoms with E-state index in [-0.39, 0.29) is 11.7 Å². The van der Waals surface area contributed by atoms with E-state index in [0.29, 0.717) is 5.75 Å².